The first kappa shape index (κ1) is 15.1. The number of ether oxygens (including phenoxy) is 2. The fraction of sp³-hybridized carbons (Fsp3) is 0.222. The highest BCUT2D eigenvalue weighted by molar-refractivity contribution is 6.03. The maximum Gasteiger partial charge on any atom is 0.341 e. The number of hydrogen-bond acceptors (Lipinski definition) is 4. The number of benzene rings is 1. The van der Waals surface area contributed by atoms with Crippen LogP contribution in [0.3, 0.4) is 0 Å². The lowest BCUT2D eigenvalue weighted by molar-refractivity contribution is 0.0507. The van der Waals surface area contributed by atoms with Crippen molar-refractivity contribution in [2.75, 3.05) is 13.7 Å². The molecule has 1 aromatic carbocycles. The van der Waals surface area contributed by atoms with E-state index in [0.717, 1.165) is 23.4 Å². The third-order valence-electron chi connectivity index (χ3n) is 3.57. The average Bonchev–Trinajstić information content (AvgIpc) is 2.99. The van der Waals surface area contributed by atoms with E-state index in [-0.39, 0.29) is 5.97 Å². The third-order valence-corrected chi connectivity index (χ3v) is 3.57. The van der Waals surface area contributed by atoms with Crippen molar-refractivity contribution in [3.63, 3.8) is 0 Å². The molecule has 0 saturated carbocycles. The monoisotopic (exact) mass is 310 g/mol. The SMILES string of the molecule is CCCOC(=O)c1cn(-c2ccc(OC)cc2)c2cccnc12. The van der Waals surface area contributed by atoms with E-state index in [1.807, 2.05) is 47.9 Å². The standard InChI is InChI=1S/C18H18N2O3/c1-3-11-23-18(21)15-12-20(16-5-4-10-19-17(15)16)13-6-8-14(22-2)9-7-13/h4-10,12H,3,11H2,1-2H3. The maximum absolute atomic E-state index is 12.3. The maximum atomic E-state index is 12.3. The van der Waals surface area contributed by atoms with E-state index in [9.17, 15) is 4.79 Å². The minimum Gasteiger partial charge on any atom is -0.497 e. The van der Waals surface area contributed by atoms with Crippen molar-refractivity contribution in [3.8, 4) is 11.4 Å². The van der Waals surface area contributed by atoms with Crippen molar-refractivity contribution in [1.82, 2.24) is 9.55 Å². The van der Waals surface area contributed by atoms with Crippen LogP contribution >= 0.6 is 0 Å². The number of pyridine rings is 1. The Morgan fingerprint density at radius 1 is 1.22 bits per heavy atom. The van der Waals surface area contributed by atoms with E-state index in [1.54, 1.807) is 19.5 Å². The number of methoxy groups -OCH3 is 1. The molecule has 0 unspecified atom stereocenters. The summed E-state index contributed by atoms with van der Waals surface area (Å²) in [5.41, 5.74) is 2.91. The van der Waals surface area contributed by atoms with E-state index >= 15 is 0 Å². The highest BCUT2D eigenvalue weighted by Crippen LogP contribution is 2.25. The van der Waals surface area contributed by atoms with Gasteiger partial charge in [-0.1, -0.05) is 6.92 Å². The fourth-order valence-corrected chi connectivity index (χ4v) is 2.44. The molecule has 0 spiro atoms. The number of esters is 1. The minimum absolute atomic E-state index is 0.345. The number of nitrogens with zero attached hydrogens (tertiary/aromatic N) is 2. The first-order valence-electron chi connectivity index (χ1n) is 7.52. The number of carbonyl (C=O) groups is 1. The molecule has 5 nitrogen and oxygen atoms in total. The summed E-state index contributed by atoms with van der Waals surface area (Å²) in [6, 6.07) is 11.4. The van der Waals surface area contributed by atoms with Crippen molar-refractivity contribution in [2.24, 2.45) is 0 Å². The molecular weight excluding hydrogens is 292 g/mol. The number of fused-ring (bicyclic) bond motifs is 1. The van der Waals surface area contributed by atoms with E-state index in [1.165, 1.54) is 0 Å². The first-order chi connectivity index (χ1) is 11.2. The molecular formula is C18H18N2O3. The highest BCUT2D eigenvalue weighted by atomic mass is 16.5. The molecule has 0 aliphatic carbocycles. The van der Waals surface area contributed by atoms with Gasteiger partial charge in [0.25, 0.3) is 0 Å². The van der Waals surface area contributed by atoms with Crippen LogP contribution in [0.2, 0.25) is 0 Å². The summed E-state index contributed by atoms with van der Waals surface area (Å²) in [6.07, 6.45) is 4.24. The molecule has 0 N–H and O–H groups in total. The zero-order valence-electron chi connectivity index (χ0n) is 13.2. The van der Waals surface area contributed by atoms with Gasteiger partial charge in [0.15, 0.2) is 0 Å². The summed E-state index contributed by atoms with van der Waals surface area (Å²) < 4.78 is 12.4. The van der Waals surface area contributed by atoms with E-state index in [2.05, 4.69) is 4.98 Å². The van der Waals surface area contributed by atoms with Gasteiger partial charge in [0.1, 0.15) is 16.8 Å². The molecule has 0 aliphatic heterocycles. The Labute approximate surface area is 134 Å². The van der Waals surface area contributed by atoms with Crippen molar-refractivity contribution in [2.45, 2.75) is 13.3 Å². The third kappa shape index (κ3) is 2.90. The lowest BCUT2D eigenvalue weighted by Gasteiger charge is -2.06. The second kappa shape index (κ2) is 6.52. The van der Waals surface area contributed by atoms with Gasteiger partial charge in [-0.15, -0.1) is 0 Å². The molecule has 0 aliphatic rings. The molecule has 0 amide bonds. The minimum atomic E-state index is -0.345. The molecule has 0 bridgehead atoms. The van der Waals surface area contributed by atoms with E-state index in [0.29, 0.717) is 17.7 Å². The number of rotatable bonds is 5. The molecule has 5 heteroatoms. The van der Waals surface area contributed by atoms with Crippen molar-refractivity contribution in [1.29, 1.82) is 0 Å². The van der Waals surface area contributed by atoms with Crippen LogP contribution < -0.4 is 4.74 Å². The summed E-state index contributed by atoms with van der Waals surface area (Å²) in [5.74, 6) is 0.439. The largest absolute Gasteiger partial charge is 0.497 e. The Balaban J connectivity index is 2.08. The number of aromatic nitrogens is 2. The summed E-state index contributed by atoms with van der Waals surface area (Å²) >= 11 is 0. The van der Waals surface area contributed by atoms with Crippen LogP contribution in [-0.2, 0) is 4.74 Å². The summed E-state index contributed by atoms with van der Waals surface area (Å²) in [6.45, 7) is 2.37. The lowest BCUT2D eigenvalue weighted by Crippen LogP contribution is -2.05. The van der Waals surface area contributed by atoms with E-state index in [4.69, 9.17) is 9.47 Å². The molecule has 3 rings (SSSR count). The predicted octanol–water partition coefficient (Wildman–Crippen LogP) is 3.60. The smallest absolute Gasteiger partial charge is 0.341 e. The molecule has 0 radical (unpaired) electrons. The van der Waals surface area contributed by atoms with Crippen molar-refractivity contribution >= 4 is 17.0 Å². The first-order valence-corrected chi connectivity index (χ1v) is 7.52. The highest BCUT2D eigenvalue weighted by Gasteiger charge is 2.18. The molecule has 3 aromatic rings. The fourth-order valence-electron chi connectivity index (χ4n) is 2.44. The summed E-state index contributed by atoms with van der Waals surface area (Å²) in [7, 11) is 1.63. The second-order valence-electron chi connectivity index (χ2n) is 5.12. The van der Waals surface area contributed by atoms with Crippen LogP contribution in [0.1, 0.15) is 23.7 Å². The summed E-state index contributed by atoms with van der Waals surface area (Å²) in [4.78, 5) is 16.6. The predicted molar refractivity (Wildman–Crippen MR) is 88.2 cm³/mol. The van der Waals surface area contributed by atoms with Crippen LogP contribution in [0, 0.1) is 0 Å². The van der Waals surface area contributed by atoms with Crippen LogP contribution in [0.5, 0.6) is 5.75 Å². The van der Waals surface area contributed by atoms with Gasteiger partial charge in [-0.25, -0.2) is 4.79 Å². The van der Waals surface area contributed by atoms with Gasteiger partial charge in [-0.05, 0) is 42.8 Å². The van der Waals surface area contributed by atoms with Gasteiger partial charge >= 0.3 is 5.97 Å². The van der Waals surface area contributed by atoms with Gasteiger partial charge in [0.05, 0.1) is 19.2 Å². The summed E-state index contributed by atoms with van der Waals surface area (Å²) in [5, 5.41) is 0. The van der Waals surface area contributed by atoms with Gasteiger partial charge < -0.3 is 14.0 Å². The molecule has 23 heavy (non-hydrogen) atoms. The number of hydrogen-bond donors (Lipinski definition) is 0. The van der Waals surface area contributed by atoms with Crippen LogP contribution in [0.15, 0.2) is 48.8 Å². The average molecular weight is 310 g/mol. The normalized spacial score (nSPS) is 10.7. The van der Waals surface area contributed by atoms with Crippen LogP contribution in [-0.4, -0.2) is 29.2 Å². The van der Waals surface area contributed by atoms with Gasteiger partial charge in [0, 0.05) is 18.1 Å². The molecule has 0 fully saturated rings. The zero-order chi connectivity index (χ0) is 16.2. The van der Waals surface area contributed by atoms with Crippen LogP contribution in [0.25, 0.3) is 16.7 Å². The van der Waals surface area contributed by atoms with Crippen LogP contribution in [0.4, 0.5) is 0 Å². The van der Waals surface area contributed by atoms with Gasteiger partial charge in [0.2, 0.25) is 0 Å². The molecule has 2 heterocycles. The zero-order valence-corrected chi connectivity index (χ0v) is 13.2. The Kier molecular flexibility index (Phi) is 4.28. The second-order valence-corrected chi connectivity index (χ2v) is 5.12. The Morgan fingerprint density at radius 3 is 2.70 bits per heavy atom. The number of carbonyl (C=O) groups excluding carboxylic acids is 1. The van der Waals surface area contributed by atoms with Crippen molar-refractivity contribution in [3.05, 3.63) is 54.4 Å². The lowest BCUT2D eigenvalue weighted by atomic mass is 10.2. The topological polar surface area (TPSA) is 53.4 Å². The van der Waals surface area contributed by atoms with Gasteiger partial charge in [-0.2, -0.15) is 0 Å². The molecule has 0 saturated heterocycles. The molecule has 118 valence electrons. The van der Waals surface area contributed by atoms with Gasteiger partial charge in [-0.3, -0.25) is 4.98 Å². The van der Waals surface area contributed by atoms with Crippen molar-refractivity contribution < 1.29 is 14.3 Å². The quantitative estimate of drug-likeness (QED) is 0.676. The Hall–Kier alpha value is -2.82. The molecule has 2 aromatic heterocycles. The Morgan fingerprint density at radius 2 is 2.00 bits per heavy atom. The molecule has 0 atom stereocenters. The van der Waals surface area contributed by atoms with E-state index < -0.39 is 0 Å². The Bertz CT molecular complexity index is 822.